The van der Waals surface area contributed by atoms with E-state index in [1.807, 2.05) is 58.0 Å². The van der Waals surface area contributed by atoms with Crippen LogP contribution in [0.3, 0.4) is 0 Å². The number of carbonyl (C=O) groups excluding carboxylic acids is 2. The Morgan fingerprint density at radius 2 is 1.72 bits per heavy atom. The van der Waals surface area contributed by atoms with Crippen LogP contribution in [0.5, 0.6) is 0 Å². The number of ether oxygens (including phenoxy) is 1. The molecule has 0 radical (unpaired) electrons. The molecule has 0 spiro atoms. The minimum absolute atomic E-state index is 0.0781. The normalized spacial score (nSPS) is 11.6. The van der Waals surface area contributed by atoms with Crippen molar-refractivity contribution >= 4 is 18.2 Å². The van der Waals surface area contributed by atoms with Crippen molar-refractivity contribution in [2.75, 3.05) is 13.7 Å². The maximum atomic E-state index is 11.8. The Balaban J connectivity index is -0.000000856. The van der Waals surface area contributed by atoms with Crippen LogP contribution < -0.4 is 16.5 Å². The van der Waals surface area contributed by atoms with Crippen molar-refractivity contribution in [1.82, 2.24) is 10.7 Å². The molecule has 0 aliphatic carbocycles. The highest BCUT2D eigenvalue weighted by atomic mass is 16.5. The maximum absolute atomic E-state index is 11.8. The Morgan fingerprint density at radius 3 is 2.17 bits per heavy atom. The lowest BCUT2D eigenvalue weighted by atomic mass is 10.0. The minimum atomic E-state index is -1.36. The van der Waals surface area contributed by atoms with Gasteiger partial charge in [-0.15, -0.1) is 5.10 Å². The van der Waals surface area contributed by atoms with E-state index in [-0.39, 0.29) is 12.4 Å². The number of carbonyl (C=O) groups is 2. The first-order chi connectivity index (χ1) is 14.0. The fourth-order valence-corrected chi connectivity index (χ4v) is 1.72. The third kappa shape index (κ3) is 17.4. The summed E-state index contributed by atoms with van der Waals surface area (Å²) in [5.74, 6) is -0.552. The summed E-state index contributed by atoms with van der Waals surface area (Å²) in [4.78, 5) is 21.9. The van der Waals surface area contributed by atoms with Crippen molar-refractivity contribution in [1.29, 1.82) is 0 Å². The molecule has 1 aromatic rings. The SMILES string of the molecule is CC.CC.CCC.CO/C(CNC(=O)[C@@H](O)C(N)Cc1ccccc1)=N\NC=O. The summed E-state index contributed by atoms with van der Waals surface area (Å²) < 4.78 is 4.84. The lowest BCUT2D eigenvalue weighted by Crippen LogP contribution is -2.48. The number of hydrazone groups is 1. The third-order valence-electron chi connectivity index (χ3n) is 2.88. The smallest absolute Gasteiger partial charge is 0.250 e. The molecule has 0 bridgehead atoms. The lowest BCUT2D eigenvalue weighted by molar-refractivity contribution is -0.130. The van der Waals surface area contributed by atoms with E-state index in [2.05, 4.69) is 29.7 Å². The first-order valence-corrected chi connectivity index (χ1v) is 10.0. The molecule has 2 atom stereocenters. The van der Waals surface area contributed by atoms with Gasteiger partial charge in [0.25, 0.3) is 5.91 Å². The second-order valence-electron chi connectivity index (χ2n) is 5.18. The monoisotopic (exact) mass is 412 g/mol. The van der Waals surface area contributed by atoms with Gasteiger partial charge in [0.1, 0.15) is 6.10 Å². The highest BCUT2D eigenvalue weighted by Crippen LogP contribution is 2.04. The number of aliphatic hydroxyl groups excluding tert-OH is 1. The second-order valence-corrected chi connectivity index (χ2v) is 5.18. The molecule has 5 N–H and O–H groups in total. The van der Waals surface area contributed by atoms with E-state index >= 15 is 0 Å². The van der Waals surface area contributed by atoms with E-state index in [1.165, 1.54) is 13.5 Å². The Kier molecular flexibility index (Phi) is 25.4. The zero-order valence-electron chi connectivity index (χ0n) is 18.9. The highest BCUT2D eigenvalue weighted by molar-refractivity contribution is 5.87. The molecule has 1 unspecified atom stereocenters. The Hall–Kier alpha value is -2.45. The topological polar surface area (TPSA) is 126 Å². The number of nitrogens with zero attached hydrogens (tertiary/aromatic N) is 1. The minimum Gasteiger partial charge on any atom is -0.482 e. The molecular weight excluding hydrogens is 372 g/mol. The van der Waals surface area contributed by atoms with Gasteiger partial charge >= 0.3 is 0 Å². The largest absolute Gasteiger partial charge is 0.482 e. The number of hydrogen-bond donors (Lipinski definition) is 4. The number of hydrogen-bond acceptors (Lipinski definition) is 6. The quantitative estimate of drug-likeness (QED) is 0.225. The molecule has 1 aromatic carbocycles. The number of methoxy groups -OCH3 is 1. The number of benzene rings is 1. The van der Waals surface area contributed by atoms with Crippen LogP contribution >= 0.6 is 0 Å². The van der Waals surface area contributed by atoms with Gasteiger partial charge in [-0.2, -0.15) is 0 Å². The van der Waals surface area contributed by atoms with Crippen LogP contribution in [0.15, 0.2) is 35.4 Å². The van der Waals surface area contributed by atoms with Crippen molar-refractivity contribution in [3.8, 4) is 0 Å². The van der Waals surface area contributed by atoms with Crippen LogP contribution in [0, 0.1) is 0 Å². The van der Waals surface area contributed by atoms with Crippen molar-refractivity contribution < 1.29 is 19.4 Å². The van der Waals surface area contributed by atoms with Crippen LogP contribution in [0.2, 0.25) is 0 Å². The van der Waals surface area contributed by atoms with E-state index in [9.17, 15) is 14.7 Å². The fourth-order valence-electron chi connectivity index (χ4n) is 1.72. The molecule has 0 saturated heterocycles. The van der Waals surface area contributed by atoms with Gasteiger partial charge < -0.3 is 20.9 Å². The van der Waals surface area contributed by atoms with E-state index < -0.39 is 18.1 Å². The predicted molar refractivity (Wildman–Crippen MR) is 119 cm³/mol. The molecule has 1 rings (SSSR count). The van der Waals surface area contributed by atoms with E-state index in [4.69, 9.17) is 10.5 Å². The molecule has 0 fully saturated rings. The molecule has 168 valence electrons. The van der Waals surface area contributed by atoms with E-state index in [1.54, 1.807) is 0 Å². The summed E-state index contributed by atoms with van der Waals surface area (Å²) in [6.07, 6.45) is 0.621. The van der Waals surface area contributed by atoms with Gasteiger partial charge in [0.15, 0.2) is 0 Å². The number of nitrogens with one attached hydrogen (secondary N) is 2. The fraction of sp³-hybridized carbons (Fsp3) is 0.571. The summed E-state index contributed by atoms with van der Waals surface area (Å²) in [5, 5.41) is 15.9. The van der Waals surface area contributed by atoms with E-state index in [0.717, 1.165) is 5.56 Å². The lowest BCUT2D eigenvalue weighted by Gasteiger charge is -2.18. The van der Waals surface area contributed by atoms with Gasteiger partial charge in [0.2, 0.25) is 12.3 Å². The number of rotatable bonds is 8. The van der Waals surface area contributed by atoms with Crippen molar-refractivity contribution in [2.24, 2.45) is 10.8 Å². The van der Waals surface area contributed by atoms with Crippen LogP contribution in [-0.4, -0.2) is 49.1 Å². The van der Waals surface area contributed by atoms with Crippen LogP contribution in [0.1, 0.15) is 53.5 Å². The Bertz CT molecular complexity index is 525. The zero-order chi connectivity index (χ0) is 23.1. The van der Waals surface area contributed by atoms with Crippen molar-refractivity contribution in [3.63, 3.8) is 0 Å². The standard InChI is InChI=1S/C14H20N4O4.C3H8.2C2H6/c1-22-12(18-17-9-19)8-16-14(21)13(20)11(15)7-10-5-3-2-4-6-10;1-3-2;2*1-2/h2-6,9,11,13,20H,7-8,15H2,1H3,(H,16,21)(H,17,19);3H2,1-2H3;2*1-2H3/b18-12-;;;/t11?,13-;;;/m0.../s1. The highest BCUT2D eigenvalue weighted by Gasteiger charge is 2.23. The molecule has 0 saturated carbocycles. The zero-order valence-corrected chi connectivity index (χ0v) is 18.9. The van der Waals surface area contributed by atoms with Crippen molar-refractivity contribution in [3.05, 3.63) is 35.9 Å². The summed E-state index contributed by atoms with van der Waals surface area (Å²) in [6, 6.07) is 8.58. The molecule has 29 heavy (non-hydrogen) atoms. The van der Waals surface area contributed by atoms with Crippen molar-refractivity contribution in [2.45, 2.75) is 66.5 Å². The molecule has 0 aliphatic heterocycles. The van der Waals surface area contributed by atoms with Gasteiger partial charge in [-0.1, -0.05) is 78.3 Å². The molecule has 0 heterocycles. The van der Waals surface area contributed by atoms with Gasteiger partial charge in [-0.05, 0) is 12.0 Å². The van der Waals surface area contributed by atoms with Gasteiger partial charge in [-0.25, -0.2) is 5.43 Å². The molecule has 8 heteroatoms. The summed E-state index contributed by atoms with van der Waals surface area (Å²) in [7, 11) is 1.34. The predicted octanol–water partition coefficient (Wildman–Crippen LogP) is 2.21. The summed E-state index contributed by atoms with van der Waals surface area (Å²) in [5.41, 5.74) is 8.82. The third-order valence-corrected chi connectivity index (χ3v) is 2.88. The number of nitrogens with two attached hydrogens (primary N) is 1. The first kappa shape index (κ1) is 31.3. The molecule has 0 aliphatic rings. The average Bonchev–Trinajstić information content (AvgIpc) is 2.77. The second kappa shape index (κ2) is 23.6. The maximum Gasteiger partial charge on any atom is 0.250 e. The van der Waals surface area contributed by atoms with Gasteiger partial charge in [-0.3, -0.25) is 9.59 Å². The average molecular weight is 413 g/mol. The summed E-state index contributed by atoms with van der Waals surface area (Å²) in [6.45, 7) is 12.2. The molecule has 0 aromatic heterocycles. The van der Waals surface area contributed by atoms with Gasteiger partial charge in [0.05, 0.1) is 13.7 Å². The molecular formula is C21H40N4O4. The Morgan fingerprint density at radius 1 is 1.21 bits per heavy atom. The number of aliphatic hydroxyl groups is 1. The Labute approximate surface area is 175 Å². The summed E-state index contributed by atoms with van der Waals surface area (Å²) >= 11 is 0. The van der Waals surface area contributed by atoms with Crippen LogP contribution in [0.4, 0.5) is 0 Å². The molecule has 2 amide bonds. The van der Waals surface area contributed by atoms with Gasteiger partial charge in [0, 0.05) is 6.04 Å². The van der Waals surface area contributed by atoms with Crippen LogP contribution in [-0.2, 0) is 20.7 Å². The molecule has 8 nitrogen and oxygen atoms in total. The number of amides is 2. The van der Waals surface area contributed by atoms with E-state index in [0.29, 0.717) is 12.8 Å². The first-order valence-electron chi connectivity index (χ1n) is 10.0. The van der Waals surface area contributed by atoms with Crippen LogP contribution in [0.25, 0.3) is 0 Å².